The average molecular weight is 346 g/mol. The van der Waals surface area contributed by atoms with Gasteiger partial charge in [-0.3, -0.25) is 0 Å². The van der Waals surface area contributed by atoms with E-state index in [0.29, 0.717) is 4.90 Å². The summed E-state index contributed by atoms with van der Waals surface area (Å²) in [5.41, 5.74) is 1.16. The molecule has 0 saturated heterocycles. The molecule has 106 valence electrons. The van der Waals surface area contributed by atoms with Gasteiger partial charge in [0.2, 0.25) is 10.0 Å². The number of aryl methyl sites for hydroxylation is 1. The Morgan fingerprint density at radius 1 is 1.37 bits per heavy atom. The summed E-state index contributed by atoms with van der Waals surface area (Å²) in [6.07, 6.45) is 2.89. The van der Waals surface area contributed by atoms with E-state index >= 15 is 0 Å². The third-order valence-corrected chi connectivity index (χ3v) is 6.14. The van der Waals surface area contributed by atoms with E-state index in [-0.39, 0.29) is 11.5 Å². The minimum Gasteiger partial charge on any atom is -0.208 e. The van der Waals surface area contributed by atoms with Gasteiger partial charge in [-0.1, -0.05) is 29.8 Å². The summed E-state index contributed by atoms with van der Waals surface area (Å²) in [7, 11) is -3.40. The van der Waals surface area contributed by atoms with Crippen LogP contribution >= 0.6 is 15.9 Å². The maximum atomic E-state index is 12.3. The first-order valence-electron chi connectivity index (χ1n) is 6.48. The van der Waals surface area contributed by atoms with Crippen LogP contribution in [0.15, 0.2) is 27.6 Å². The van der Waals surface area contributed by atoms with Crippen molar-refractivity contribution >= 4 is 26.0 Å². The molecule has 1 atom stereocenters. The van der Waals surface area contributed by atoms with Gasteiger partial charge in [0.05, 0.1) is 4.90 Å². The standard InChI is InChI=1S/C14H20BrNO2S/c1-10-8-12(4-5-13(10)15)19(17,18)16-11-6-7-14(2,3)9-11/h4-5,8,11,16H,6-7,9H2,1-3H3. The fourth-order valence-electron chi connectivity index (χ4n) is 2.61. The Balaban J connectivity index is 2.17. The first-order valence-corrected chi connectivity index (χ1v) is 8.76. The molecule has 0 spiro atoms. The lowest BCUT2D eigenvalue weighted by Crippen LogP contribution is -2.33. The largest absolute Gasteiger partial charge is 0.240 e. The normalized spacial score (nSPS) is 22.6. The smallest absolute Gasteiger partial charge is 0.208 e. The van der Waals surface area contributed by atoms with Gasteiger partial charge < -0.3 is 0 Å². The van der Waals surface area contributed by atoms with Crippen molar-refractivity contribution in [1.29, 1.82) is 0 Å². The zero-order valence-electron chi connectivity index (χ0n) is 11.5. The zero-order chi connectivity index (χ0) is 14.3. The molecule has 1 aliphatic rings. The molecule has 0 amide bonds. The first kappa shape index (κ1) is 15.0. The van der Waals surface area contributed by atoms with Gasteiger partial charge in [0.25, 0.3) is 0 Å². The van der Waals surface area contributed by atoms with Crippen LogP contribution in [0, 0.1) is 12.3 Å². The van der Waals surface area contributed by atoms with E-state index in [4.69, 9.17) is 0 Å². The highest BCUT2D eigenvalue weighted by Gasteiger charge is 2.33. The molecule has 0 aliphatic heterocycles. The number of hydrogen-bond acceptors (Lipinski definition) is 2. The van der Waals surface area contributed by atoms with Gasteiger partial charge in [0, 0.05) is 10.5 Å². The summed E-state index contributed by atoms with van der Waals surface area (Å²) < 4.78 is 28.4. The van der Waals surface area contributed by atoms with Crippen molar-refractivity contribution in [2.24, 2.45) is 5.41 Å². The summed E-state index contributed by atoms with van der Waals surface area (Å²) in [6, 6.07) is 5.18. The second kappa shape index (κ2) is 5.19. The van der Waals surface area contributed by atoms with E-state index in [1.807, 2.05) is 6.92 Å². The number of hydrogen-bond donors (Lipinski definition) is 1. The van der Waals surface area contributed by atoms with Gasteiger partial charge in [-0.2, -0.15) is 0 Å². The fraction of sp³-hybridized carbons (Fsp3) is 0.571. The Labute approximate surface area is 124 Å². The summed E-state index contributed by atoms with van der Waals surface area (Å²) >= 11 is 3.38. The molecule has 1 unspecified atom stereocenters. The monoisotopic (exact) mass is 345 g/mol. The molecule has 0 radical (unpaired) electrons. The van der Waals surface area contributed by atoms with Crippen molar-refractivity contribution in [3.8, 4) is 0 Å². The van der Waals surface area contributed by atoms with Crippen molar-refractivity contribution in [2.45, 2.75) is 51.0 Å². The number of nitrogens with one attached hydrogen (secondary N) is 1. The molecule has 1 aromatic rings. The van der Waals surface area contributed by atoms with Crippen LogP contribution in [-0.2, 0) is 10.0 Å². The molecule has 0 bridgehead atoms. The van der Waals surface area contributed by atoms with Gasteiger partial charge in [-0.05, 0) is 55.4 Å². The van der Waals surface area contributed by atoms with Crippen molar-refractivity contribution in [1.82, 2.24) is 4.72 Å². The molecule has 3 nitrogen and oxygen atoms in total. The van der Waals surface area contributed by atoms with E-state index in [1.54, 1.807) is 18.2 Å². The highest BCUT2D eigenvalue weighted by atomic mass is 79.9. The summed E-state index contributed by atoms with van der Waals surface area (Å²) in [6.45, 7) is 6.26. The molecule has 0 aromatic heterocycles. The molecule has 1 N–H and O–H groups in total. The van der Waals surface area contributed by atoms with Crippen molar-refractivity contribution < 1.29 is 8.42 Å². The number of sulfonamides is 1. The van der Waals surface area contributed by atoms with Crippen LogP contribution in [-0.4, -0.2) is 14.5 Å². The maximum Gasteiger partial charge on any atom is 0.240 e. The van der Waals surface area contributed by atoms with Crippen LogP contribution in [0.3, 0.4) is 0 Å². The van der Waals surface area contributed by atoms with E-state index in [0.717, 1.165) is 29.3 Å². The molecule has 5 heteroatoms. The lowest BCUT2D eigenvalue weighted by atomic mass is 9.92. The molecule has 1 fully saturated rings. The lowest BCUT2D eigenvalue weighted by molar-refractivity contribution is 0.372. The Kier molecular flexibility index (Phi) is 4.10. The summed E-state index contributed by atoms with van der Waals surface area (Å²) in [5.74, 6) is 0. The van der Waals surface area contributed by atoms with E-state index in [2.05, 4.69) is 34.5 Å². The SMILES string of the molecule is Cc1cc(S(=O)(=O)NC2CCC(C)(C)C2)ccc1Br. The predicted octanol–water partition coefficient (Wildman–Crippen LogP) is 3.61. The second-order valence-corrected chi connectivity index (χ2v) is 8.70. The van der Waals surface area contributed by atoms with Gasteiger partial charge in [-0.15, -0.1) is 0 Å². The molecule has 1 aromatic carbocycles. The number of rotatable bonds is 3. The highest BCUT2D eigenvalue weighted by molar-refractivity contribution is 9.10. The van der Waals surface area contributed by atoms with Crippen LogP contribution in [0.5, 0.6) is 0 Å². The molecule has 0 heterocycles. The Hall–Kier alpha value is -0.390. The third-order valence-electron chi connectivity index (χ3n) is 3.73. The summed E-state index contributed by atoms with van der Waals surface area (Å²) in [5, 5.41) is 0. The van der Waals surface area contributed by atoms with Crippen molar-refractivity contribution in [3.63, 3.8) is 0 Å². The minimum absolute atomic E-state index is 0.0592. The lowest BCUT2D eigenvalue weighted by Gasteiger charge is -2.18. The quantitative estimate of drug-likeness (QED) is 0.909. The fourth-order valence-corrected chi connectivity index (χ4v) is 4.21. The zero-order valence-corrected chi connectivity index (χ0v) is 13.9. The third kappa shape index (κ3) is 3.58. The Morgan fingerprint density at radius 2 is 2.05 bits per heavy atom. The van der Waals surface area contributed by atoms with E-state index < -0.39 is 10.0 Å². The Bertz CT molecular complexity index is 581. The number of benzene rings is 1. The van der Waals surface area contributed by atoms with Crippen LogP contribution < -0.4 is 4.72 Å². The van der Waals surface area contributed by atoms with Crippen LogP contribution in [0.1, 0.15) is 38.7 Å². The average Bonchev–Trinajstić information content (AvgIpc) is 2.61. The van der Waals surface area contributed by atoms with Gasteiger partial charge >= 0.3 is 0 Å². The van der Waals surface area contributed by atoms with Gasteiger partial charge in [0.1, 0.15) is 0 Å². The Morgan fingerprint density at radius 3 is 2.58 bits per heavy atom. The topological polar surface area (TPSA) is 46.2 Å². The van der Waals surface area contributed by atoms with Crippen LogP contribution in [0.4, 0.5) is 0 Å². The molecule has 1 aliphatic carbocycles. The maximum absolute atomic E-state index is 12.3. The van der Waals surface area contributed by atoms with Gasteiger partial charge in [0.15, 0.2) is 0 Å². The molecular weight excluding hydrogens is 326 g/mol. The first-order chi connectivity index (χ1) is 8.70. The molecule has 1 saturated carbocycles. The van der Waals surface area contributed by atoms with Crippen LogP contribution in [0.2, 0.25) is 0 Å². The summed E-state index contributed by atoms with van der Waals surface area (Å²) in [4.78, 5) is 0.345. The number of halogens is 1. The second-order valence-electron chi connectivity index (χ2n) is 6.14. The molecule has 19 heavy (non-hydrogen) atoms. The van der Waals surface area contributed by atoms with Crippen molar-refractivity contribution in [3.05, 3.63) is 28.2 Å². The van der Waals surface area contributed by atoms with E-state index in [1.165, 1.54) is 0 Å². The predicted molar refractivity (Wildman–Crippen MR) is 80.6 cm³/mol. The molecular formula is C14H20BrNO2S. The minimum atomic E-state index is -3.40. The van der Waals surface area contributed by atoms with Crippen molar-refractivity contribution in [2.75, 3.05) is 0 Å². The van der Waals surface area contributed by atoms with E-state index in [9.17, 15) is 8.42 Å². The highest BCUT2D eigenvalue weighted by Crippen LogP contribution is 2.37. The van der Waals surface area contributed by atoms with Crippen LogP contribution in [0.25, 0.3) is 0 Å². The molecule has 2 rings (SSSR count). The van der Waals surface area contributed by atoms with Gasteiger partial charge in [-0.25, -0.2) is 13.1 Å².